The van der Waals surface area contributed by atoms with Crippen LogP contribution in [0.25, 0.3) is 0 Å². The first-order valence-corrected chi connectivity index (χ1v) is 7.03. The van der Waals surface area contributed by atoms with E-state index >= 15 is 0 Å². The van der Waals surface area contributed by atoms with Crippen LogP contribution in [0, 0.1) is 18.8 Å². The summed E-state index contributed by atoms with van der Waals surface area (Å²) in [5.41, 5.74) is 1.78. The molecule has 0 unspecified atom stereocenters. The fourth-order valence-electron chi connectivity index (χ4n) is 1.63. The van der Waals surface area contributed by atoms with Crippen molar-refractivity contribution in [3.63, 3.8) is 0 Å². The molecule has 0 saturated carbocycles. The number of hydrogen-bond acceptors (Lipinski definition) is 3. The molecule has 1 heterocycles. The van der Waals surface area contributed by atoms with E-state index in [0.717, 1.165) is 35.7 Å². The lowest BCUT2D eigenvalue weighted by atomic mass is 10.2. The average Bonchev–Trinajstić information content (AvgIpc) is 2.47. The molecule has 1 aromatic heterocycles. The molecule has 0 fully saturated rings. The van der Waals surface area contributed by atoms with Crippen molar-refractivity contribution >= 4 is 23.1 Å². The maximum Gasteiger partial charge on any atom is 0.149 e. The molecule has 0 aliphatic heterocycles. The molecule has 2 aromatic rings. The van der Waals surface area contributed by atoms with E-state index in [9.17, 15) is 0 Å². The van der Waals surface area contributed by atoms with Gasteiger partial charge in [-0.2, -0.15) is 0 Å². The molecular weight excluding hydrogens is 270 g/mol. The molecule has 0 saturated heterocycles. The van der Waals surface area contributed by atoms with Crippen LogP contribution in [0.3, 0.4) is 0 Å². The smallest absolute Gasteiger partial charge is 0.149 e. The molecule has 0 amide bonds. The third-order valence-electron chi connectivity index (χ3n) is 2.60. The molecule has 0 aliphatic carbocycles. The Morgan fingerprint density at radius 1 is 1.25 bits per heavy atom. The summed E-state index contributed by atoms with van der Waals surface area (Å²) in [5, 5.41) is 3.27. The maximum absolute atomic E-state index is 5.64. The monoisotopic (exact) mass is 285 g/mol. The molecule has 0 aliphatic rings. The Morgan fingerprint density at radius 3 is 2.80 bits per heavy atom. The van der Waals surface area contributed by atoms with Gasteiger partial charge in [-0.05, 0) is 25.5 Å². The molecule has 0 spiro atoms. The van der Waals surface area contributed by atoms with Crippen molar-refractivity contribution in [2.75, 3.05) is 11.2 Å². The van der Waals surface area contributed by atoms with Crippen LogP contribution in [-0.4, -0.2) is 15.8 Å². The van der Waals surface area contributed by atoms with Crippen molar-refractivity contribution in [3.8, 4) is 11.8 Å². The first-order chi connectivity index (χ1) is 9.79. The molecule has 1 aromatic carbocycles. The number of anilines is 2. The number of aromatic nitrogens is 2. The van der Waals surface area contributed by atoms with Gasteiger partial charge in [-0.1, -0.05) is 30.0 Å². The number of halogens is 1. The Kier molecular flexibility index (Phi) is 5.40. The number of hydrogen-bond donors (Lipinski definition) is 1. The Balaban J connectivity index is 2.21. The van der Waals surface area contributed by atoms with Gasteiger partial charge in [-0.3, -0.25) is 0 Å². The lowest BCUT2D eigenvalue weighted by molar-refractivity contribution is 0.991. The first kappa shape index (κ1) is 14.4. The minimum atomic E-state index is 0.633. The molecular formula is C16H16ClN3. The summed E-state index contributed by atoms with van der Waals surface area (Å²) in [5.74, 6) is 8.28. The Morgan fingerprint density at radius 2 is 2.05 bits per heavy atom. The fraction of sp³-hybridized carbons (Fsp3) is 0.250. The van der Waals surface area contributed by atoms with Crippen LogP contribution >= 0.6 is 11.6 Å². The van der Waals surface area contributed by atoms with Gasteiger partial charge in [0.2, 0.25) is 0 Å². The maximum atomic E-state index is 5.64. The van der Waals surface area contributed by atoms with Crippen molar-refractivity contribution in [1.29, 1.82) is 0 Å². The van der Waals surface area contributed by atoms with Gasteiger partial charge in [0, 0.05) is 24.2 Å². The number of benzene rings is 1. The molecule has 102 valence electrons. The molecule has 0 atom stereocenters. The van der Waals surface area contributed by atoms with Crippen LogP contribution in [0.5, 0.6) is 0 Å². The molecule has 4 heteroatoms. The lowest BCUT2D eigenvalue weighted by Gasteiger charge is -2.07. The minimum Gasteiger partial charge on any atom is -0.339 e. The Bertz CT molecular complexity index is 615. The minimum absolute atomic E-state index is 0.633. The van der Waals surface area contributed by atoms with Gasteiger partial charge in [-0.15, -0.1) is 11.6 Å². The largest absolute Gasteiger partial charge is 0.339 e. The van der Waals surface area contributed by atoms with Gasteiger partial charge in [0.1, 0.15) is 11.6 Å². The standard InChI is InChI=1S/C16H16ClN3/c1-13-18-12-14(8-4-3-7-11-17)16(19-13)20-15-9-5-2-6-10-15/h2,5-6,9-10,12H,3,7,11H2,1H3,(H,18,19,20). The van der Waals surface area contributed by atoms with E-state index in [1.165, 1.54) is 0 Å². The second-order valence-corrected chi connectivity index (χ2v) is 4.64. The van der Waals surface area contributed by atoms with Crippen LogP contribution in [0.15, 0.2) is 36.5 Å². The predicted molar refractivity (Wildman–Crippen MR) is 83.3 cm³/mol. The van der Waals surface area contributed by atoms with Crippen molar-refractivity contribution in [1.82, 2.24) is 9.97 Å². The number of nitrogens with one attached hydrogen (secondary N) is 1. The molecule has 1 N–H and O–H groups in total. The van der Waals surface area contributed by atoms with Crippen molar-refractivity contribution in [3.05, 3.63) is 47.9 Å². The van der Waals surface area contributed by atoms with Crippen LogP contribution in [0.4, 0.5) is 11.5 Å². The number of aryl methyl sites for hydroxylation is 1. The highest BCUT2D eigenvalue weighted by Gasteiger charge is 2.03. The summed E-state index contributed by atoms with van der Waals surface area (Å²) >= 11 is 5.64. The van der Waals surface area contributed by atoms with Gasteiger partial charge in [0.05, 0.1) is 5.56 Å². The fourth-order valence-corrected chi connectivity index (χ4v) is 1.76. The van der Waals surface area contributed by atoms with Crippen molar-refractivity contribution in [2.45, 2.75) is 19.8 Å². The number of para-hydroxylation sites is 1. The predicted octanol–water partition coefficient (Wildman–Crippen LogP) is 3.90. The van der Waals surface area contributed by atoms with Crippen LogP contribution < -0.4 is 5.32 Å². The number of unbranched alkanes of at least 4 members (excludes halogenated alkanes) is 1. The summed E-state index contributed by atoms with van der Waals surface area (Å²) in [7, 11) is 0. The second kappa shape index (κ2) is 7.52. The molecule has 0 radical (unpaired) electrons. The summed E-state index contributed by atoms with van der Waals surface area (Å²) < 4.78 is 0. The number of rotatable bonds is 4. The van der Waals surface area contributed by atoms with Crippen molar-refractivity contribution in [2.24, 2.45) is 0 Å². The molecule has 3 nitrogen and oxygen atoms in total. The quantitative estimate of drug-likeness (QED) is 0.526. The first-order valence-electron chi connectivity index (χ1n) is 6.50. The van der Waals surface area contributed by atoms with Gasteiger partial charge in [-0.25, -0.2) is 9.97 Å². The normalized spacial score (nSPS) is 9.70. The van der Waals surface area contributed by atoms with E-state index in [4.69, 9.17) is 11.6 Å². The van der Waals surface area contributed by atoms with Crippen LogP contribution in [0.1, 0.15) is 24.2 Å². The zero-order chi connectivity index (χ0) is 14.2. The summed E-state index contributed by atoms with van der Waals surface area (Å²) in [6.45, 7) is 1.86. The summed E-state index contributed by atoms with van der Waals surface area (Å²) in [4.78, 5) is 8.62. The summed E-state index contributed by atoms with van der Waals surface area (Å²) in [6, 6.07) is 9.90. The molecule has 0 bridgehead atoms. The van der Waals surface area contributed by atoms with Gasteiger partial charge < -0.3 is 5.32 Å². The second-order valence-electron chi connectivity index (χ2n) is 4.26. The topological polar surface area (TPSA) is 37.8 Å². The Labute approximate surface area is 124 Å². The highest BCUT2D eigenvalue weighted by Crippen LogP contribution is 2.17. The highest BCUT2D eigenvalue weighted by atomic mass is 35.5. The van der Waals surface area contributed by atoms with E-state index in [2.05, 4.69) is 27.1 Å². The van der Waals surface area contributed by atoms with Crippen LogP contribution in [-0.2, 0) is 0 Å². The molecule has 20 heavy (non-hydrogen) atoms. The SMILES string of the molecule is Cc1ncc(C#CCCCCl)c(Nc2ccccc2)n1. The molecule has 2 rings (SSSR count). The van der Waals surface area contributed by atoms with Gasteiger partial charge in [0.25, 0.3) is 0 Å². The Hall–Kier alpha value is -2.05. The highest BCUT2D eigenvalue weighted by molar-refractivity contribution is 6.17. The zero-order valence-corrected chi connectivity index (χ0v) is 12.1. The van der Waals surface area contributed by atoms with E-state index in [1.807, 2.05) is 37.3 Å². The van der Waals surface area contributed by atoms with Gasteiger partial charge >= 0.3 is 0 Å². The number of nitrogens with zero attached hydrogens (tertiary/aromatic N) is 2. The van der Waals surface area contributed by atoms with E-state index < -0.39 is 0 Å². The number of alkyl halides is 1. The third-order valence-corrected chi connectivity index (χ3v) is 2.87. The van der Waals surface area contributed by atoms with E-state index in [0.29, 0.717) is 5.88 Å². The zero-order valence-electron chi connectivity index (χ0n) is 11.4. The van der Waals surface area contributed by atoms with E-state index in [1.54, 1.807) is 6.20 Å². The van der Waals surface area contributed by atoms with Gasteiger partial charge in [0.15, 0.2) is 0 Å². The van der Waals surface area contributed by atoms with E-state index in [-0.39, 0.29) is 0 Å². The van der Waals surface area contributed by atoms with Crippen molar-refractivity contribution < 1.29 is 0 Å². The summed E-state index contributed by atoms with van der Waals surface area (Å²) in [6.07, 6.45) is 3.42. The lowest BCUT2D eigenvalue weighted by Crippen LogP contribution is -2.00. The van der Waals surface area contributed by atoms with Crippen LogP contribution in [0.2, 0.25) is 0 Å². The third kappa shape index (κ3) is 4.25. The average molecular weight is 286 g/mol.